The minimum atomic E-state index is -0.246. The molecule has 90 valence electrons. The molecule has 0 aliphatic carbocycles. The largest absolute Gasteiger partial charge is 0.328 e. The van der Waals surface area contributed by atoms with Crippen molar-refractivity contribution in [1.29, 1.82) is 0 Å². The summed E-state index contributed by atoms with van der Waals surface area (Å²) in [6.07, 6.45) is 4.09. The Hall–Kier alpha value is -1.68. The maximum Gasteiger partial charge on any atom is 0.147 e. The van der Waals surface area contributed by atoms with E-state index in [2.05, 4.69) is 4.98 Å². The van der Waals surface area contributed by atoms with E-state index in [4.69, 9.17) is 5.73 Å². The van der Waals surface area contributed by atoms with Gasteiger partial charge < -0.3 is 10.3 Å². The zero-order chi connectivity index (χ0) is 12.4. The van der Waals surface area contributed by atoms with Crippen molar-refractivity contribution in [3.05, 3.63) is 47.8 Å². The number of hydrogen-bond donors (Lipinski definition) is 1. The molecule has 0 aliphatic heterocycles. The van der Waals surface area contributed by atoms with Crippen molar-refractivity contribution in [3.8, 4) is 5.69 Å². The van der Waals surface area contributed by atoms with Crippen molar-refractivity contribution >= 4 is 0 Å². The second-order valence-electron chi connectivity index (χ2n) is 4.31. The zero-order valence-corrected chi connectivity index (χ0v) is 10.0. The molecule has 0 saturated heterocycles. The van der Waals surface area contributed by atoms with Gasteiger partial charge in [0.25, 0.3) is 0 Å². The Bertz CT molecular complexity index is 517. The summed E-state index contributed by atoms with van der Waals surface area (Å²) in [5, 5.41) is 0. The summed E-state index contributed by atoms with van der Waals surface area (Å²) in [5.74, 6) is 0.521. The first kappa shape index (κ1) is 11.8. The fourth-order valence-electron chi connectivity index (χ4n) is 1.88. The van der Waals surface area contributed by atoms with Gasteiger partial charge in [0, 0.05) is 18.4 Å². The van der Waals surface area contributed by atoms with Gasteiger partial charge in [-0.2, -0.15) is 0 Å². The molecule has 0 fully saturated rings. The van der Waals surface area contributed by atoms with Gasteiger partial charge in [-0.15, -0.1) is 0 Å². The van der Waals surface area contributed by atoms with E-state index in [-0.39, 0.29) is 11.9 Å². The highest BCUT2D eigenvalue weighted by Gasteiger charge is 2.08. The number of halogens is 1. The number of nitrogens with zero attached hydrogens (tertiary/aromatic N) is 2. The Balaban J connectivity index is 2.35. The highest BCUT2D eigenvalue weighted by molar-refractivity contribution is 5.37. The average Bonchev–Trinajstić information content (AvgIpc) is 2.64. The summed E-state index contributed by atoms with van der Waals surface area (Å²) < 4.78 is 15.7. The summed E-state index contributed by atoms with van der Waals surface area (Å²) in [6.45, 7) is 3.75. The molecule has 2 aromatic rings. The van der Waals surface area contributed by atoms with Crippen LogP contribution in [0.25, 0.3) is 5.69 Å². The second-order valence-corrected chi connectivity index (χ2v) is 4.31. The van der Waals surface area contributed by atoms with Crippen molar-refractivity contribution < 1.29 is 4.39 Å². The van der Waals surface area contributed by atoms with Crippen LogP contribution < -0.4 is 5.73 Å². The molecule has 0 radical (unpaired) electrons. The quantitative estimate of drug-likeness (QED) is 0.883. The molecule has 0 spiro atoms. The average molecular weight is 233 g/mol. The third-order valence-corrected chi connectivity index (χ3v) is 2.66. The van der Waals surface area contributed by atoms with Gasteiger partial charge in [-0.25, -0.2) is 9.37 Å². The van der Waals surface area contributed by atoms with Gasteiger partial charge in [0.2, 0.25) is 0 Å². The lowest BCUT2D eigenvalue weighted by Crippen LogP contribution is -2.17. The molecule has 1 heterocycles. The Labute approximate surface area is 100 Å². The van der Waals surface area contributed by atoms with Crippen molar-refractivity contribution in [3.63, 3.8) is 0 Å². The van der Waals surface area contributed by atoms with E-state index in [9.17, 15) is 4.39 Å². The highest BCUT2D eigenvalue weighted by Crippen LogP contribution is 2.17. The van der Waals surface area contributed by atoms with Crippen LogP contribution >= 0.6 is 0 Å². The van der Waals surface area contributed by atoms with Crippen LogP contribution in [0.1, 0.15) is 18.3 Å². The Morgan fingerprint density at radius 1 is 1.47 bits per heavy atom. The van der Waals surface area contributed by atoms with Crippen molar-refractivity contribution in [1.82, 2.24) is 9.55 Å². The molecule has 1 aromatic heterocycles. The molecule has 2 rings (SSSR count). The van der Waals surface area contributed by atoms with E-state index in [1.54, 1.807) is 23.0 Å². The summed E-state index contributed by atoms with van der Waals surface area (Å²) >= 11 is 0. The van der Waals surface area contributed by atoms with Crippen LogP contribution in [-0.2, 0) is 6.42 Å². The van der Waals surface area contributed by atoms with Crippen LogP contribution in [-0.4, -0.2) is 15.6 Å². The van der Waals surface area contributed by atoms with E-state index in [0.717, 1.165) is 11.4 Å². The van der Waals surface area contributed by atoms with Gasteiger partial charge in [-0.05, 0) is 38.0 Å². The topological polar surface area (TPSA) is 43.8 Å². The highest BCUT2D eigenvalue weighted by atomic mass is 19.1. The van der Waals surface area contributed by atoms with Crippen molar-refractivity contribution in [2.45, 2.75) is 26.3 Å². The SMILES string of the molecule is Cc1nccn1-c1ccc(CC(C)N)cc1F. The molecule has 0 amide bonds. The molecule has 0 aliphatic rings. The van der Waals surface area contributed by atoms with Crippen molar-refractivity contribution in [2.24, 2.45) is 5.73 Å². The number of aromatic nitrogens is 2. The summed E-state index contributed by atoms with van der Waals surface area (Å²) in [6, 6.07) is 5.25. The van der Waals surface area contributed by atoms with E-state index in [1.165, 1.54) is 6.07 Å². The fourth-order valence-corrected chi connectivity index (χ4v) is 1.88. The third kappa shape index (κ3) is 2.53. The lowest BCUT2D eigenvalue weighted by Gasteiger charge is -2.10. The third-order valence-electron chi connectivity index (χ3n) is 2.66. The van der Waals surface area contributed by atoms with Gasteiger partial charge in [0.05, 0.1) is 5.69 Å². The van der Waals surface area contributed by atoms with Gasteiger partial charge in [0.1, 0.15) is 11.6 Å². The number of nitrogens with two attached hydrogens (primary N) is 1. The molecular formula is C13H16FN3. The molecule has 1 aromatic carbocycles. The minimum Gasteiger partial charge on any atom is -0.328 e. The normalized spacial score (nSPS) is 12.7. The Kier molecular flexibility index (Phi) is 3.24. The fraction of sp³-hybridized carbons (Fsp3) is 0.308. The molecule has 4 heteroatoms. The zero-order valence-electron chi connectivity index (χ0n) is 10.0. The first-order valence-corrected chi connectivity index (χ1v) is 5.62. The maximum atomic E-state index is 14.0. The first-order valence-electron chi connectivity index (χ1n) is 5.62. The molecular weight excluding hydrogens is 217 g/mol. The smallest absolute Gasteiger partial charge is 0.147 e. The Morgan fingerprint density at radius 2 is 2.24 bits per heavy atom. The van der Waals surface area contributed by atoms with Crippen molar-refractivity contribution in [2.75, 3.05) is 0 Å². The number of aryl methyl sites for hydroxylation is 1. The van der Waals surface area contributed by atoms with E-state index in [0.29, 0.717) is 12.1 Å². The summed E-state index contributed by atoms with van der Waals surface area (Å²) in [7, 11) is 0. The monoisotopic (exact) mass is 233 g/mol. The van der Waals surface area contributed by atoms with E-state index < -0.39 is 0 Å². The molecule has 0 saturated carbocycles. The maximum absolute atomic E-state index is 14.0. The summed E-state index contributed by atoms with van der Waals surface area (Å²) in [4.78, 5) is 4.08. The van der Waals surface area contributed by atoms with Crippen LogP contribution in [0.4, 0.5) is 4.39 Å². The predicted octanol–water partition coefficient (Wildman–Crippen LogP) is 2.21. The van der Waals surface area contributed by atoms with E-state index in [1.807, 2.05) is 19.9 Å². The van der Waals surface area contributed by atoms with Gasteiger partial charge in [-0.3, -0.25) is 0 Å². The van der Waals surface area contributed by atoms with Gasteiger partial charge in [-0.1, -0.05) is 6.07 Å². The second kappa shape index (κ2) is 4.67. The standard InChI is InChI=1S/C13H16FN3/c1-9(15)7-11-3-4-13(12(14)8-11)17-6-5-16-10(17)2/h3-6,8-9H,7,15H2,1-2H3. The number of benzene rings is 1. The molecule has 0 bridgehead atoms. The van der Waals surface area contributed by atoms with E-state index >= 15 is 0 Å². The lowest BCUT2D eigenvalue weighted by atomic mass is 10.1. The molecule has 17 heavy (non-hydrogen) atoms. The minimum absolute atomic E-state index is 0.0373. The van der Waals surface area contributed by atoms with Crippen LogP contribution in [0, 0.1) is 12.7 Å². The lowest BCUT2D eigenvalue weighted by molar-refractivity contribution is 0.612. The molecule has 3 nitrogen and oxygen atoms in total. The molecule has 1 unspecified atom stereocenters. The number of rotatable bonds is 3. The molecule has 1 atom stereocenters. The number of hydrogen-bond acceptors (Lipinski definition) is 2. The van der Waals surface area contributed by atoms with Gasteiger partial charge >= 0.3 is 0 Å². The summed E-state index contributed by atoms with van der Waals surface area (Å²) in [5.41, 5.74) is 7.13. The van der Waals surface area contributed by atoms with Crippen LogP contribution in [0.2, 0.25) is 0 Å². The van der Waals surface area contributed by atoms with Crippen LogP contribution in [0.5, 0.6) is 0 Å². The van der Waals surface area contributed by atoms with Gasteiger partial charge in [0.15, 0.2) is 0 Å². The number of imidazole rings is 1. The predicted molar refractivity (Wildman–Crippen MR) is 65.6 cm³/mol. The van der Waals surface area contributed by atoms with Crippen LogP contribution in [0.3, 0.4) is 0 Å². The van der Waals surface area contributed by atoms with Crippen LogP contribution in [0.15, 0.2) is 30.6 Å². The Morgan fingerprint density at radius 3 is 2.76 bits per heavy atom. The first-order chi connectivity index (χ1) is 8.08. The molecule has 2 N–H and O–H groups in total.